The van der Waals surface area contributed by atoms with Crippen molar-refractivity contribution in [2.75, 3.05) is 17.1 Å². The molecule has 1 N–H and O–H groups in total. The Morgan fingerprint density at radius 3 is 2.27 bits per heavy atom. The first-order chi connectivity index (χ1) is 17.7. The van der Waals surface area contributed by atoms with Crippen LogP contribution in [0.2, 0.25) is 0 Å². The van der Waals surface area contributed by atoms with Crippen LogP contribution in [0.5, 0.6) is 0 Å². The van der Waals surface area contributed by atoms with Crippen LogP contribution in [0.15, 0.2) is 72.8 Å². The van der Waals surface area contributed by atoms with Gasteiger partial charge in [0.2, 0.25) is 21.8 Å². The quantitative estimate of drug-likeness (QED) is 0.450. The fourth-order valence-electron chi connectivity index (χ4n) is 4.95. The largest absolute Gasteiger partial charge is 0.352 e. The Bertz CT molecular complexity index is 1330. The average Bonchev–Trinajstić information content (AvgIpc) is 2.90. The maximum atomic E-state index is 13.8. The fourth-order valence-corrected chi connectivity index (χ4v) is 5.81. The molecule has 0 saturated heterocycles. The molecule has 0 bridgehead atoms. The van der Waals surface area contributed by atoms with E-state index in [1.54, 1.807) is 19.1 Å². The summed E-state index contributed by atoms with van der Waals surface area (Å²) in [5.74, 6) is -0.652. The van der Waals surface area contributed by atoms with Crippen molar-refractivity contribution in [3.8, 4) is 0 Å². The van der Waals surface area contributed by atoms with Gasteiger partial charge >= 0.3 is 0 Å². The van der Waals surface area contributed by atoms with Crippen LogP contribution in [-0.4, -0.2) is 50.0 Å². The van der Waals surface area contributed by atoms with E-state index in [0.717, 1.165) is 52.6 Å². The highest BCUT2D eigenvalue weighted by atomic mass is 32.2. The van der Waals surface area contributed by atoms with Crippen molar-refractivity contribution in [3.63, 3.8) is 0 Å². The monoisotopic (exact) mass is 521 g/mol. The summed E-state index contributed by atoms with van der Waals surface area (Å²) in [4.78, 5) is 28.5. The second-order valence-corrected chi connectivity index (χ2v) is 11.7. The van der Waals surface area contributed by atoms with Gasteiger partial charge in [0, 0.05) is 18.0 Å². The summed E-state index contributed by atoms with van der Waals surface area (Å²) in [6.45, 7) is 1.51. The number of carbonyl (C=O) groups excluding carboxylic acids is 2. The van der Waals surface area contributed by atoms with Crippen LogP contribution in [0.1, 0.15) is 44.6 Å². The maximum absolute atomic E-state index is 13.8. The zero-order chi connectivity index (χ0) is 26.4. The molecular formula is C29H35N3O4S. The lowest BCUT2D eigenvalue weighted by molar-refractivity contribution is -0.139. The van der Waals surface area contributed by atoms with Crippen LogP contribution in [-0.2, 0) is 26.2 Å². The molecule has 0 unspecified atom stereocenters. The van der Waals surface area contributed by atoms with Gasteiger partial charge in [0.25, 0.3) is 0 Å². The lowest BCUT2D eigenvalue weighted by atomic mass is 9.95. The van der Waals surface area contributed by atoms with Crippen molar-refractivity contribution in [2.45, 2.75) is 57.7 Å². The van der Waals surface area contributed by atoms with Crippen molar-refractivity contribution in [1.29, 1.82) is 0 Å². The minimum Gasteiger partial charge on any atom is -0.352 e. The summed E-state index contributed by atoms with van der Waals surface area (Å²) in [6.07, 6.45) is 6.32. The maximum Gasteiger partial charge on any atom is 0.244 e. The third-order valence-corrected chi connectivity index (χ3v) is 8.16. The van der Waals surface area contributed by atoms with Crippen LogP contribution in [0.25, 0.3) is 10.8 Å². The van der Waals surface area contributed by atoms with Gasteiger partial charge in [0.1, 0.15) is 12.6 Å². The fraction of sp³-hybridized carbons (Fsp3) is 0.379. The van der Waals surface area contributed by atoms with Crippen LogP contribution >= 0.6 is 0 Å². The predicted molar refractivity (Wildman–Crippen MR) is 148 cm³/mol. The molecule has 37 heavy (non-hydrogen) atoms. The third-order valence-electron chi connectivity index (χ3n) is 7.03. The standard InChI is InChI=1S/C29H35N3O4S/c1-22(29(34)30-25-16-7-4-8-17-25)31(20-23-12-5-3-6-13-23)28(33)21-32(37(2,35)36)27-19-11-15-24-14-9-10-18-26(24)27/h3,5-6,9-15,18-19,22,25H,4,7-8,16-17,20-21H2,1-2H3,(H,30,34)/t22-/m1/s1. The SMILES string of the molecule is C[C@H](C(=O)NC1CCCCC1)N(Cc1ccccc1)C(=O)CN(c1cccc2ccccc12)S(C)(=O)=O. The van der Waals surface area contributed by atoms with Crippen LogP contribution in [0.3, 0.4) is 0 Å². The Labute approximate surface area is 219 Å². The van der Waals surface area contributed by atoms with Crippen molar-refractivity contribution < 1.29 is 18.0 Å². The van der Waals surface area contributed by atoms with Crippen molar-refractivity contribution in [2.24, 2.45) is 0 Å². The lowest BCUT2D eigenvalue weighted by Crippen LogP contribution is -2.53. The van der Waals surface area contributed by atoms with Gasteiger partial charge in [-0.1, -0.05) is 86.0 Å². The zero-order valence-electron chi connectivity index (χ0n) is 21.5. The number of hydrogen-bond donors (Lipinski definition) is 1. The van der Waals surface area contributed by atoms with E-state index in [-0.39, 0.29) is 18.5 Å². The van der Waals surface area contributed by atoms with E-state index >= 15 is 0 Å². The predicted octanol–water partition coefficient (Wildman–Crippen LogP) is 4.47. The van der Waals surface area contributed by atoms with Crippen LogP contribution in [0.4, 0.5) is 5.69 Å². The van der Waals surface area contributed by atoms with Gasteiger partial charge in [-0.3, -0.25) is 13.9 Å². The summed E-state index contributed by atoms with van der Waals surface area (Å²) in [7, 11) is -3.79. The molecule has 0 heterocycles. The molecule has 3 aromatic carbocycles. The number of nitrogens with zero attached hydrogens (tertiary/aromatic N) is 2. The number of anilines is 1. The first kappa shape index (κ1) is 26.7. The molecule has 0 aliphatic heterocycles. The normalized spacial score (nSPS) is 15.2. The molecule has 1 atom stereocenters. The van der Waals surface area contributed by atoms with Gasteiger partial charge in [0.15, 0.2) is 0 Å². The molecule has 1 aliphatic rings. The summed E-state index contributed by atoms with van der Waals surface area (Å²) < 4.78 is 27.0. The third kappa shape index (κ3) is 6.68. The Kier molecular flexibility index (Phi) is 8.48. The molecule has 1 aliphatic carbocycles. The summed E-state index contributed by atoms with van der Waals surface area (Å²) in [6, 6.07) is 21.6. The summed E-state index contributed by atoms with van der Waals surface area (Å²) >= 11 is 0. The van der Waals surface area contributed by atoms with Gasteiger partial charge in [-0.15, -0.1) is 0 Å². The highest BCUT2D eigenvalue weighted by molar-refractivity contribution is 7.92. The smallest absolute Gasteiger partial charge is 0.244 e. The molecule has 0 spiro atoms. The van der Waals surface area contributed by atoms with Gasteiger partial charge in [-0.2, -0.15) is 0 Å². The molecule has 3 aromatic rings. The molecule has 7 nitrogen and oxygen atoms in total. The number of benzene rings is 3. The highest BCUT2D eigenvalue weighted by Crippen LogP contribution is 2.29. The topological polar surface area (TPSA) is 86.8 Å². The summed E-state index contributed by atoms with van der Waals surface area (Å²) in [5.41, 5.74) is 1.30. The number of amides is 2. The average molecular weight is 522 g/mol. The van der Waals surface area contributed by atoms with E-state index in [9.17, 15) is 18.0 Å². The van der Waals surface area contributed by atoms with Gasteiger partial charge in [-0.05, 0) is 36.8 Å². The lowest BCUT2D eigenvalue weighted by Gasteiger charge is -2.33. The van der Waals surface area contributed by atoms with Gasteiger partial charge in [-0.25, -0.2) is 8.42 Å². The highest BCUT2D eigenvalue weighted by Gasteiger charge is 2.31. The Balaban J connectivity index is 1.63. The number of hydrogen-bond acceptors (Lipinski definition) is 4. The Morgan fingerprint density at radius 1 is 0.919 bits per heavy atom. The van der Waals surface area contributed by atoms with E-state index in [1.807, 2.05) is 60.7 Å². The van der Waals surface area contributed by atoms with E-state index in [4.69, 9.17) is 0 Å². The number of rotatable bonds is 9. The first-order valence-electron chi connectivity index (χ1n) is 12.8. The van der Waals surface area contributed by atoms with E-state index < -0.39 is 28.5 Å². The van der Waals surface area contributed by atoms with Crippen LogP contribution in [0, 0.1) is 0 Å². The summed E-state index contributed by atoms with van der Waals surface area (Å²) in [5, 5.41) is 4.73. The molecule has 196 valence electrons. The second-order valence-electron chi connectivity index (χ2n) is 9.79. The Hall–Kier alpha value is -3.39. The van der Waals surface area contributed by atoms with E-state index in [2.05, 4.69) is 5.32 Å². The molecular weight excluding hydrogens is 486 g/mol. The minimum absolute atomic E-state index is 0.112. The molecule has 4 rings (SSSR count). The molecule has 1 saturated carbocycles. The molecule has 2 amide bonds. The number of sulfonamides is 1. The molecule has 8 heteroatoms. The van der Waals surface area contributed by atoms with Gasteiger partial charge < -0.3 is 10.2 Å². The van der Waals surface area contributed by atoms with Crippen molar-refractivity contribution in [1.82, 2.24) is 10.2 Å². The van der Waals surface area contributed by atoms with E-state index in [0.29, 0.717) is 5.69 Å². The number of carbonyl (C=O) groups is 2. The molecule has 0 aromatic heterocycles. The van der Waals surface area contributed by atoms with Crippen molar-refractivity contribution in [3.05, 3.63) is 78.4 Å². The molecule has 0 radical (unpaired) electrons. The number of nitrogens with one attached hydrogen (secondary N) is 1. The second kappa shape index (κ2) is 11.8. The number of fused-ring (bicyclic) bond motifs is 1. The molecule has 1 fully saturated rings. The first-order valence-corrected chi connectivity index (χ1v) is 14.7. The zero-order valence-corrected chi connectivity index (χ0v) is 22.3. The van der Waals surface area contributed by atoms with E-state index in [1.165, 1.54) is 11.3 Å². The minimum atomic E-state index is -3.79. The van der Waals surface area contributed by atoms with Crippen LogP contribution < -0.4 is 9.62 Å². The van der Waals surface area contributed by atoms with Gasteiger partial charge in [0.05, 0.1) is 11.9 Å². The van der Waals surface area contributed by atoms with Crippen molar-refractivity contribution >= 4 is 38.3 Å². The Morgan fingerprint density at radius 2 is 1.57 bits per heavy atom.